The molecule has 1 fully saturated rings. The first kappa shape index (κ1) is 24.4. The Labute approximate surface area is 217 Å². The Bertz CT molecular complexity index is 1310. The highest BCUT2D eigenvalue weighted by Gasteiger charge is 2.37. The van der Waals surface area contributed by atoms with Gasteiger partial charge in [0.25, 0.3) is 11.8 Å². The van der Waals surface area contributed by atoms with Crippen molar-refractivity contribution in [2.75, 3.05) is 24.2 Å². The first-order valence-corrected chi connectivity index (χ1v) is 12.9. The van der Waals surface area contributed by atoms with E-state index in [1.165, 1.54) is 16.7 Å². The summed E-state index contributed by atoms with van der Waals surface area (Å²) in [4.78, 5) is 40.2. The molecule has 0 aromatic heterocycles. The van der Waals surface area contributed by atoms with Crippen LogP contribution in [0.25, 0.3) is 0 Å². The van der Waals surface area contributed by atoms with E-state index in [1.807, 2.05) is 12.1 Å². The van der Waals surface area contributed by atoms with Crippen LogP contribution in [0, 0.1) is 0 Å². The number of rotatable bonds is 8. The minimum Gasteiger partial charge on any atom is -0.457 e. The Morgan fingerprint density at radius 1 is 1.03 bits per heavy atom. The summed E-state index contributed by atoms with van der Waals surface area (Å²) < 4.78 is 11.5. The van der Waals surface area contributed by atoms with Gasteiger partial charge in [0.1, 0.15) is 11.5 Å². The summed E-state index contributed by atoms with van der Waals surface area (Å²) in [6.45, 7) is 0.924. The molecule has 0 aliphatic carbocycles. The molecular formula is C27H23ClN2O5S. The maximum absolute atomic E-state index is 12.9. The Balaban J connectivity index is 1.21. The van der Waals surface area contributed by atoms with E-state index in [9.17, 15) is 14.4 Å². The van der Waals surface area contributed by atoms with Crippen molar-refractivity contribution >= 4 is 46.8 Å². The van der Waals surface area contributed by atoms with E-state index in [0.29, 0.717) is 39.9 Å². The SMILES string of the molecule is O=C(CSc1ccc(Cl)cc1)Nc1cccc(Oc2ccc3c(c2)C(=O)N(CC2CCCO2)C3=O)c1. The molecule has 1 saturated heterocycles. The summed E-state index contributed by atoms with van der Waals surface area (Å²) in [5.41, 5.74) is 1.27. The van der Waals surface area contributed by atoms with E-state index in [4.69, 9.17) is 21.1 Å². The molecule has 2 aliphatic heterocycles. The highest BCUT2D eigenvalue weighted by molar-refractivity contribution is 8.00. The van der Waals surface area contributed by atoms with E-state index in [-0.39, 0.29) is 36.1 Å². The maximum atomic E-state index is 12.9. The van der Waals surface area contributed by atoms with Gasteiger partial charge in [-0.15, -0.1) is 11.8 Å². The molecule has 1 unspecified atom stereocenters. The summed E-state index contributed by atoms with van der Waals surface area (Å²) in [6, 6.07) is 19.1. The quantitative estimate of drug-likeness (QED) is 0.304. The van der Waals surface area contributed by atoms with Crippen molar-refractivity contribution in [3.63, 3.8) is 0 Å². The van der Waals surface area contributed by atoms with Crippen molar-refractivity contribution in [3.05, 3.63) is 82.9 Å². The summed E-state index contributed by atoms with van der Waals surface area (Å²) in [5, 5.41) is 3.51. The van der Waals surface area contributed by atoms with Gasteiger partial charge in [0.2, 0.25) is 5.91 Å². The fourth-order valence-corrected chi connectivity index (χ4v) is 4.97. The number of carbonyl (C=O) groups excluding carboxylic acids is 3. The topological polar surface area (TPSA) is 84.9 Å². The Morgan fingerprint density at radius 3 is 2.58 bits per heavy atom. The second kappa shape index (κ2) is 10.7. The van der Waals surface area contributed by atoms with Gasteiger partial charge in [-0.25, -0.2) is 0 Å². The number of imide groups is 1. The van der Waals surface area contributed by atoms with Crippen LogP contribution in [0.4, 0.5) is 5.69 Å². The predicted molar refractivity (Wildman–Crippen MR) is 138 cm³/mol. The van der Waals surface area contributed by atoms with Crippen LogP contribution in [-0.4, -0.2) is 47.6 Å². The second-order valence-corrected chi connectivity index (χ2v) is 9.97. The summed E-state index contributed by atoms with van der Waals surface area (Å²) in [6.07, 6.45) is 1.67. The number of hydrogen-bond acceptors (Lipinski definition) is 6. The van der Waals surface area contributed by atoms with Crippen LogP contribution in [0.1, 0.15) is 33.6 Å². The number of ether oxygens (including phenoxy) is 2. The van der Waals surface area contributed by atoms with E-state index in [2.05, 4.69) is 5.32 Å². The second-order valence-electron chi connectivity index (χ2n) is 8.48. The van der Waals surface area contributed by atoms with Crippen LogP contribution in [-0.2, 0) is 9.53 Å². The fourth-order valence-electron chi connectivity index (χ4n) is 4.14. The molecule has 3 aromatic rings. The highest BCUT2D eigenvalue weighted by Crippen LogP contribution is 2.31. The molecule has 184 valence electrons. The number of nitrogens with one attached hydrogen (secondary N) is 1. The van der Waals surface area contributed by atoms with Crippen molar-refractivity contribution in [1.29, 1.82) is 0 Å². The number of carbonyl (C=O) groups is 3. The fraction of sp³-hybridized carbons (Fsp3) is 0.222. The standard InChI is InChI=1S/C27H23ClN2O5S/c28-17-6-9-22(10-7-17)36-16-25(31)29-18-3-1-4-19(13-18)35-20-8-11-23-24(14-20)27(33)30(26(23)32)15-21-5-2-12-34-21/h1,3-4,6-11,13-14,21H,2,5,12,15-16H2,(H,29,31). The van der Waals surface area contributed by atoms with Crippen LogP contribution in [0.5, 0.6) is 11.5 Å². The molecule has 5 rings (SSSR count). The number of benzene rings is 3. The van der Waals surface area contributed by atoms with Gasteiger partial charge in [-0.05, 0) is 67.4 Å². The number of halogens is 1. The average molecular weight is 523 g/mol. The lowest BCUT2D eigenvalue weighted by atomic mass is 10.1. The number of hydrogen-bond donors (Lipinski definition) is 1. The molecule has 0 saturated carbocycles. The van der Waals surface area contributed by atoms with Gasteiger partial charge >= 0.3 is 0 Å². The zero-order valence-electron chi connectivity index (χ0n) is 19.2. The molecule has 36 heavy (non-hydrogen) atoms. The van der Waals surface area contributed by atoms with Crippen LogP contribution >= 0.6 is 23.4 Å². The third-order valence-corrected chi connectivity index (χ3v) is 7.15. The van der Waals surface area contributed by atoms with Crippen LogP contribution in [0.15, 0.2) is 71.6 Å². The first-order valence-electron chi connectivity index (χ1n) is 11.5. The van der Waals surface area contributed by atoms with Gasteiger partial charge in [-0.2, -0.15) is 0 Å². The minimum atomic E-state index is -0.338. The number of thioether (sulfide) groups is 1. The zero-order chi connectivity index (χ0) is 25.1. The third kappa shape index (κ3) is 5.56. The lowest BCUT2D eigenvalue weighted by Crippen LogP contribution is -2.36. The van der Waals surface area contributed by atoms with E-state index in [0.717, 1.165) is 17.7 Å². The number of amides is 3. The van der Waals surface area contributed by atoms with Crippen molar-refractivity contribution in [2.45, 2.75) is 23.8 Å². The van der Waals surface area contributed by atoms with Gasteiger partial charge in [0, 0.05) is 28.3 Å². The smallest absolute Gasteiger partial charge is 0.261 e. The molecule has 3 aromatic carbocycles. The zero-order valence-corrected chi connectivity index (χ0v) is 20.8. The molecule has 3 amide bonds. The molecule has 1 atom stereocenters. The largest absolute Gasteiger partial charge is 0.457 e. The van der Waals surface area contributed by atoms with Gasteiger partial charge < -0.3 is 14.8 Å². The molecule has 0 radical (unpaired) electrons. The first-order chi connectivity index (χ1) is 17.5. The Morgan fingerprint density at radius 2 is 1.81 bits per heavy atom. The summed E-state index contributed by atoms with van der Waals surface area (Å²) in [5.74, 6) is 0.367. The monoisotopic (exact) mass is 522 g/mol. The molecule has 2 aliphatic rings. The van der Waals surface area contributed by atoms with E-state index in [1.54, 1.807) is 54.6 Å². The normalized spacial score (nSPS) is 16.8. The van der Waals surface area contributed by atoms with E-state index >= 15 is 0 Å². The van der Waals surface area contributed by atoms with Gasteiger partial charge in [-0.1, -0.05) is 17.7 Å². The van der Waals surface area contributed by atoms with E-state index < -0.39 is 0 Å². The Hall–Kier alpha value is -3.33. The highest BCUT2D eigenvalue weighted by atomic mass is 35.5. The lowest BCUT2D eigenvalue weighted by molar-refractivity contribution is -0.113. The molecule has 0 spiro atoms. The number of nitrogens with zero attached hydrogens (tertiary/aromatic N) is 1. The van der Waals surface area contributed by atoms with Crippen molar-refractivity contribution < 1.29 is 23.9 Å². The maximum Gasteiger partial charge on any atom is 0.261 e. The van der Waals surface area contributed by atoms with Crippen LogP contribution in [0.3, 0.4) is 0 Å². The van der Waals surface area contributed by atoms with Crippen LogP contribution in [0.2, 0.25) is 5.02 Å². The summed E-state index contributed by atoms with van der Waals surface area (Å²) in [7, 11) is 0. The lowest BCUT2D eigenvalue weighted by Gasteiger charge is -2.17. The Kier molecular flexibility index (Phi) is 7.27. The molecule has 7 nitrogen and oxygen atoms in total. The molecule has 9 heteroatoms. The molecule has 2 heterocycles. The minimum absolute atomic E-state index is 0.106. The van der Waals surface area contributed by atoms with Crippen molar-refractivity contribution in [3.8, 4) is 11.5 Å². The molecule has 0 bridgehead atoms. The third-order valence-electron chi connectivity index (χ3n) is 5.89. The molecule has 1 N–H and O–H groups in total. The predicted octanol–water partition coefficient (Wildman–Crippen LogP) is 5.64. The average Bonchev–Trinajstić information content (AvgIpc) is 3.47. The van der Waals surface area contributed by atoms with Crippen LogP contribution < -0.4 is 10.1 Å². The van der Waals surface area contributed by atoms with Gasteiger partial charge in [-0.3, -0.25) is 19.3 Å². The van der Waals surface area contributed by atoms with Crippen molar-refractivity contribution in [2.24, 2.45) is 0 Å². The van der Waals surface area contributed by atoms with Gasteiger partial charge in [0.15, 0.2) is 0 Å². The number of anilines is 1. The molecular weight excluding hydrogens is 500 g/mol. The number of fused-ring (bicyclic) bond motifs is 1. The van der Waals surface area contributed by atoms with Gasteiger partial charge in [0.05, 0.1) is 29.5 Å². The van der Waals surface area contributed by atoms with Crippen molar-refractivity contribution in [1.82, 2.24) is 4.90 Å². The summed E-state index contributed by atoms with van der Waals surface area (Å²) >= 11 is 7.31.